The smallest absolute Gasteiger partial charge is 0.168 e. The Bertz CT molecular complexity index is 259. The molecule has 2 rings (SSSR count). The first-order chi connectivity index (χ1) is 6.42. The van der Waals surface area contributed by atoms with Gasteiger partial charge in [0.05, 0.1) is 11.2 Å². The molecule has 0 saturated carbocycles. The number of hydrogen-bond donors (Lipinski definition) is 0. The highest BCUT2D eigenvalue weighted by Gasteiger charge is 2.50. The second-order valence-corrected chi connectivity index (χ2v) is 4.97. The van der Waals surface area contributed by atoms with Crippen molar-refractivity contribution in [1.82, 2.24) is 0 Å². The van der Waals surface area contributed by atoms with Crippen LogP contribution in [0.2, 0.25) is 0 Å². The van der Waals surface area contributed by atoms with Gasteiger partial charge in [0.25, 0.3) is 0 Å². The Labute approximate surface area is 85.6 Å². The molecule has 0 aromatic heterocycles. The third-order valence-corrected chi connectivity index (χ3v) is 3.36. The van der Waals surface area contributed by atoms with Crippen LogP contribution in [-0.2, 0) is 9.47 Å². The number of ether oxygens (including phenoxy) is 2. The molecule has 0 atom stereocenters. The molecule has 1 aliphatic carbocycles. The molecule has 0 aromatic carbocycles. The Morgan fingerprint density at radius 1 is 0.857 bits per heavy atom. The van der Waals surface area contributed by atoms with Gasteiger partial charge in [0.1, 0.15) is 0 Å². The molecule has 2 aliphatic rings. The molecule has 0 N–H and O–H groups in total. The van der Waals surface area contributed by atoms with Crippen LogP contribution < -0.4 is 0 Å². The molecule has 1 saturated heterocycles. The van der Waals surface area contributed by atoms with Crippen LogP contribution in [0.25, 0.3) is 0 Å². The van der Waals surface area contributed by atoms with Crippen LogP contribution in [0.15, 0.2) is 24.3 Å². The Morgan fingerprint density at radius 2 is 1.29 bits per heavy atom. The highest BCUT2D eigenvalue weighted by Crippen LogP contribution is 2.41. The van der Waals surface area contributed by atoms with Crippen LogP contribution >= 0.6 is 0 Å². The van der Waals surface area contributed by atoms with Crippen LogP contribution in [0.5, 0.6) is 0 Å². The van der Waals surface area contributed by atoms with Gasteiger partial charge >= 0.3 is 0 Å². The lowest BCUT2D eigenvalue weighted by Gasteiger charge is -2.30. The average Bonchev–Trinajstić information content (AvgIpc) is 2.58. The lowest BCUT2D eigenvalue weighted by molar-refractivity contribution is -0.101. The minimum Gasteiger partial charge on any atom is -0.343 e. The maximum absolute atomic E-state index is 5.92. The molecule has 2 heteroatoms. The van der Waals surface area contributed by atoms with Gasteiger partial charge in [-0.25, -0.2) is 0 Å². The van der Waals surface area contributed by atoms with Crippen LogP contribution in [0.1, 0.15) is 27.7 Å². The van der Waals surface area contributed by atoms with E-state index in [1.165, 1.54) is 0 Å². The van der Waals surface area contributed by atoms with Gasteiger partial charge in [-0.1, -0.05) is 24.3 Å². The maximum Gasteiger partial charge on any atom is 0.168 e. The summed E-state index contributed by atoms with van der Waals surface area (Å²) in [5.74, 6) is 0.274. The zero-order chi connectivity index (χ0) is 10.4. The first-order valence-corrected chi connectivity index (χ1v) is 5.13. The SMILES string of the molecule is CC1(C)OC(C2C=CC=C2)OC1(C)C. The fourth-order valence-electron chi connectivity index (χ4n) is 1.68. The predicted molar refractivity (Wildman–Crippen MR) is 55.9 cm³/mol. The van der Waals surface area contributed by atoms with Gasteiger partial charge in [-0.2, -0.15) is 0 Å². The Hall–Kier alpha value is -0.600. The highest BCUT2D eigenvalue weighted by molar-refractivity contribution is 5.19. The molecule has 78 valence electrons. The van der Waals surface area contributed by atoms with Crippen molar-refractivity contribution in [1.29, 1.82) is 0 Å². The molecule has 1 aliphatic heterocycles. The second kappa shape index (κ2) is 2.94. The summed E-state index contributed by atoms with van der Waals surface area (Å²) in [5.41, 5.74) is -0.441. The van der Waals surface area contributed by atoms with E-state index in [-0.39, 0.29) is 23.4 Å². The van der Waals surface area contributed by atoms with Crippen molar-refractivity contribution in [3.8, 4) is 0 Å². The summed E-state index contributed by atoms with van der Waals surface area (Å²) in [7, 11) is 0. The summed E-state index contributed by atoms with van der Waals surface area (Å²) in [6.07, 6.45) is 8.17. The first kappa shape index (κ1) is 9.94. The molecule has 0 radical (unpaired) electrons. The van der Waals surface area contributed by atoms with Crippen molar-refractivity contribution in [2.75, 3.05) is 0 Å². The van der Waals surface area contributed by atoms with Crippen LogP contribution in [-0.4, -0.2) is 17.5 Å². The van der Waals surface area contributed by atoms with Gasteiger partial charge in [0.2, 0.25) is 0 Å². The Morgan fingerprint density at radius 3 is 1.71 bits per heavy atom. The lowest BCUT2D eigenvalue weighted by Crippen LogP contribution is -2.41. The summed E-state index contributed by atoms with van der Waals surface area (Å²) < 4.78 is 11.8. The van der Waals surface area contributed by atoms with Crippen molar-refractivity contribution in [3.63, 3.8) is 0 Å². The van der Waals surface area contributed by atoms with Crippen LogP contribution in [0.3, 0.4) is 0 Å². The number of allylic oxidation sites excluding steroid dienone is 2. The van der Waals surface area contributed by atoms with Gasteiger partial charge in [-0.05, 0) is 27.7 Å². The van der Waals surface area contributed by atoms with Crippen LogP contribution in [0.4, 0.5) is 0 Å². The normalized spacial score (nSPS) is 30.3. The van der Waals surface area contributed by atoms with Crippen molar-refractivity contribution >= 4 is 0 Å². The van der Waals surface area contributed by atoms with Crippen molar-refractivity contribution in [2.24, 2.45) is 5.92 Å². The number of rotatable bonds is 1. The molecule has 0 amide bonds. The molecule has 0 aromatic rings. The van der Waals surface area contributed by atoms with Gasteiger partial charge < -0.3 is 9.47 Å². The summed E-state index contributed by atoms with van der Waals surface area (Å²) in [4.78, 5) is 0. The Balaban J connectivity index is 2.13. The van der Waals surface area contributed by atoms with E-state index in [4.69, 9.17) is 9.47 Å². The fourth-order valence-corrected chi connectivity index (χ4v) is 1.68. The van der Waals surface area contributed by atoms with E-state index in [0.29, 0.717) is 0 Å². The van der Waals surface area contributed by atoms with Gasteiger partial charge in [0, 0.05) is 5.92 Å². The molecule has 14 heavy (non-hydrogen) atoms. The molecule has 0 unspecified atom stereocenters. The Kier molecular flexibility index (Phi) is 2.09. The third-order valence-electron chi connectivity index (χ3n) is 3.36. The summed E-state index contributed by atoms with van der Waals surface area (Å²) >= 11 is 0. The number of hydrogen-bond acceptors (Lipinski definition) is 2. The van der Waals surface area contributed by atoms with E-state index in [1.807, 2.05) is 12.2 Å². The quantitative estimate of drug-likeness (QED) is 0.639. The topological polar surface area (TPSA) is 18.5 Å². The molecular weight excluding hydrogens is 176 g/mol. The average molecular weight is 194 g/mol. The predicted octanol–water partition coefficient (Wildman–Crippen LogP) is 2.66. The van der Waals surface area contributed by atoms with Crippen molar-refractivity contribution in [2.45, 2.75) is 45.2 Å². The molecule has 0 spiro atoms. The van der Waals surface area contributed by atoms with E-state index in [2.05, 4.69) is 39.8 Å². The maximum atomic E-state index is 5.92. The van der Waals surface area contributed by atoms with E-state index in [1.54, 1.807) is 0 Å². The van der Waals surface area contributed by atoms with Crippen molar-refractivity contribution in [3.05, 3.63) is 24.3 Å². The molecular formula is C12H18O2. The molecule has 1 fully saturated rings. The summed E-state index contributed by atoms with van der Waals surface area (Å²) in [6, 6.07) is 0. The highest BCUT2D eigenvalue weighted by atomic mass is 16.7. The second-order valence-electron chi connectivity index (χ2n) is 4.97. The first-order valence-electron chi connectivity index (χ1n) is 5.13. The molecule has 2 nitrogen and oxygen atoms in total. The summed E-state index contributed by atoms with van der Waals surface area (Å²) in [5, 5.41) is 0. The van der Waals surface area contributed by atoms with E-state index in [9.17, 15) is 0 Å². The monoisotopic (exact) mass is 194 g/mol. The van der Waals surface area contributed by atoms with E-state index in [0.717, 1.165) is 0 Å². The van der Waals surface area contributed by atoms with Crippen molar-refractivity contribution < 1.29 is 9.47 Å². The minimum absolute atomic E-state index is 0.130. The third kappa shape index (κ3) is 1.43. The zero-order valence-corrected chi connectivity index (χ0v) is 9.28. The minimum atomic E-state index is -0.220. The molecule has 1 heterocycles. The summed E-state index contributed by atoms with van der Waals surface area (Å²) in [6.45, 7) is 8.32. The lowest BCUT2D eigenvalue weighted by atomic mass is 9.90. The van der Waals surface area contributed by atoms with E-state index >= 15 is 0 Å². The fraction of sp³-hybridized carbons (Fsp3) is 0.667. The molecule has 0 bridgehead atoms. The van der Waals surface area contributed by atoms with Gasteiger partial charge in [-0.3, -0.25) is 0 Å². The van der Waals surface area contributed by atoms with Crippen LogP contribution in [0, 0.1) is 5.92 Å². The zero-order valence-electron chi connectivity index (χ0n) is 9.28. The largest absolute Gasteiger partial charge is 0.343 e. The van der Waals surface area contributed by atoms with Gasteiger partial charge in [0.15, 0.2) is 6.29 Å². The van der Waals surface area contributed by atoms with E-state index < -0.39 is 0 Å². The standard InChI is InChI=1S/C12H18O2/c1-11(2)12(3,4)14-10(13-11)9-7-5-6-8-9/h5-10H,1-4H3. The van der Waals surface area contributed by atoms with Gasteiger partial charge in [-0.15, -0.1) is 0 Å².